The van der Waals surface area contributed by atoms with Crippen molar-refractivity contribution in [2.75, 3.05) is 6.54 Å². The lowest BCUT2D eigenvalue weighted by Gasteiger charge is -2.20. The smallest absolute Gasteiger partial charge is 0.293 e. The molecule has 0 saturated carbocycles. The number of carbonyl (C=O) groups excluding carboxylic acids is 1. The Balaban J connectivity index is 2.68. The molecule has 1 aromatic carbocycles. The SMILES string of the molecule is C[Si](C)(C)OC(=O)CC(CN)c1ccc(Cl)cc1. The second-order valence-electron chi connectivity index (χ2n) is 5.27. The molecule has 1 atom stereocenters. The van der Waals surface area contributed by atoms with Gasteiger partial charge in [-0.25, -0.2) is 0 Å². The van der Waals surface area contributed by atoms with Crippen LogP contribution in [0.25, 0.3) is 0 Å². The van der Waals surface area contributed by atoms with E-state index in [-0.39, 0.29) is 11.9 Å². The van der Waals surface area contributed by atoms with E-state index in [1.165, 1.54) is 0 Å². The topological polar surface area (TPSA) is 52.3 Å². The molecule has 18 heavy (non-hydrogen) atoms. The summed E-state index contributed by atoms with van der Waals surface area (Å²) in [6.45, 7) is 6.39. The van der Waals surface area contributed by atoms with E-state index in [0.717, 1.165) is 5.56 Å². The predicted octanol–water partition coefficient (Wildman–Crippen LogP) is 3.15. The first-order valence-corrected chi connectivity index (χ1v) is 9.78. The van der Waals surface area contributed by atoms with Gasteiger partial charge < -0.3 is 10.2 Å². The highest BCUT2D eigenvalue weighted by atomic mass is 35.5. The van der Waals surface area contributed by atoms with Crippen molar-refractivity contribution in [1.82, 2.24) is 0 Å². The molecule has 0 amide bonds. The van der Waals surface area contributed by atoms with Crippen LogP contribution in [-0.4, -0.2) is 20.8 Å². The van der Waals surface area contributed by atoms with Crippen LogP contribution < -0.4 is 5.73 Å². The molecule has 1 unspecified atom stereocenters. The molecule has 0 saturated heterocycles. The van der Waals surface area contributed by atoms with Crippen molar-refractivity contribution in [3.8, 4) is 0 Å². The van der Waals surface area contributed by atoms with Gasteiger partial charge in [-0.2, -0.15) is 0 Å². The van der Waals surface area contributed by atoms with Gasteiger partial charge in [-0.1, -0.05) is 23.7 Å². The fourth-order valence-electron chi connectivity index (χ4n) is 1.66. The first-order valence-electron chi connectivity index (χ1n) is 5.99. The molecular formula is C13H20ClNO2Si. The molecule has 0 aliphatic carbocycles. The Kier molecular flexibility index (Phi) is 5.38. The fraction of sp³-hybridized carbons (Fsp3) is 0.462. The van der Waals surface area contributed by atoms with Crippen LogP contribution in [0.5, 0.6) is 0 Å². The molecule has 0 aliphatic rings. The summed E-state index contributed by atoms with van der Waals surface area (Å²) in [6.07, 6.45) is 0.322. The average molecular weight is 286 g/mol. The number of benzene rings is 1. The van der Waals surface area contributed by atoms with Crippen LogP contribution in [-0.2, 0) is 9.22 Å². The Morgan fingerprint density at radius 1 is 1.33 bits per heavy atom. The fourth-order valence-corrected chi connectivity index (χ4v) is 2.55. The molecule has 0 radical (unpaired) electrons. The van der Waals surface area contributed by atoms with Crippen molar-refractivity contribution in [2.45, 2.75) is 32.0 Å². The normalized spacial score (nSPS) is 13.2. The molecule has 0 heterocycles. The van der Waals surface area contributed by atoms with Gasteiger partial charge in [-0.3, -0.25) is 4.79 Å². The zero-order valence-electron chi connectivity index (χ0n) is 11.1. The maximum atomic E-state index is 11.8. The van der Waals surface area contributed by atoms with Gasteiger partial charge in [-0.15, -0.1) is 0 Å². The maximum Gasteiger partial charge on any atom is 0.293 e. The summed E-state index contributed by atoms with van der Waals surface area (Å²) in [5.74, 6) is -0.175. The summed E-state index contributed by atoms with van der Waals surface area (Å²) in [4.78, 5) is 11.8. The molecule has 0 spiro atoms. The van der Waals surface area contributed by atoms with E-state index in [2.05, 4.69) is 0 Å². The number of hydrogen-bond donors (Lipinski definition) is 1. The van der Waals surface area contributed by atoms with Gasteiger partial charge in [0.05, 0.1) is 6.42 Å². The standard InChI is InChI=1S/C13H20ClNO2Si/c1-18(2,3)17-13(16)8-11(9-15)10-4-6-12(14)7-5-10/h4-7,11H,8-9,15H2,1-3H3. The molecule has 3 nitrogen and oxygen atoms in total. The molecule has 1 aromatic rings. The largest absolute Gasteiger partial charge is 0.520 e. The van der Waals surface area contributed by atoms with Crippen LogP contribution in [0.4, 0.5) is 0 Å². The van der Waals surface area contributed by atoms with Gasteiger partial charge in [0.1, 0.15) is 0 Å². The van der Waals surface area contributed by atoms with Gasteiger partial charge >= 0.3 is 0 Å². The molecule has 5 heteroatoms. The van der Waals surface area contributed by atoms with Crippen LogP contribution >= 0.6 is 11.6 Å². The molecule has 1 rings (SSSR count). The zero-order chi connectivity index (χ0) is 13.8. The van der Waals surface area contributed by atoms with E-state index < -0.39 is 8.32 Å². The minimum absolute atomic E-state index is 0.00823. The summed E-state index contributed by atoms with van der Waals surface area (Å²) < 4.78 is 5.43. The summed E-state index contributed by atoms with van der Waals surface area (Å²) >= 11 is 5.84. The Bertz CT molecular complexity index is 400. The van der Waals surface area contributed by atoms with Crippen molar-refractivity contribution >= 4 is 25.9 Å². The summed E-state index contributed by atoms with van der Waals surface area (Å²) in [5, 5.41) is 0.680. The third-order valence-corrected chi connectivity index (χ3v) is 3.55. The summed E-state index contributed by atoms with van der Waals surface area (Å²) in [5.41, 5.74) is 6.75. The number of nitrogens with two attached hydrogens (primary N) is 1. The molecule has 0 fully saturated rings. The Morgan fingerprint density at radius 2 is 1.89 bits per heavy atom. The molecule has 0 aromatic heterocycles. The van der Waals surface area contributed by atoms with E-state index in [4.69, 9.17) is 21.8 Å². The lowest BCUT2D eigenvalue weighted by atomic mass is 9.96. The van der Waals surface area contributed by atoms with Gasteiger partial charge in [0, 0.05) is 10.9 Å². The Labute approximate surface area is 114 Å². The van der Waals surface area contributed by atoms with E-state index in [0.29, 0.717) is 18.0 Å². The summed E-state index contributed by atoms with van der Waals surface area (Å²) in [6, 6.07) is 7.43. The van der Waals surface area contributed by atoms with Crippen LogP contribution in [0.3, 0.4) is 0 Å². The number of halogens is 1. The number of hydrogen-bond acceptors (Lipinski definition) is 3. The second-order valence-corrected chi connectivity index (χ2v) is 10.1. The zero-order valence-corrected chi connectivity index (χ0v) is 12.8. The first-order chi connectivity index (χ1) is 8.31. The van der Waals surface area contributed by atoms with E-state index in [9.17, 15) is 4.79 Å². The number of carbonyl (C=O) groups is 1. The minimum atomic E-state index is -1.82. The lowest BCUT2D eigenvalue weighted by molar-refractivity contribution is -0.135. The van der Waals surface area contributed by atoms with E-state index in [1.54, 1.807) is 0 Å². The van der Waals surface area contributed by atoms with Crippen molar-refractivity contribution in [3.63, 3.8) is 0 Å². The van der Waals surface area contributed by atoms with Crippen molar-refractivity contribution in [1.29, 1.82) is 0 Å². The predicted molar refractivity (Wildman–Crippen MR) is 77.3 cm³/mol. The highest BCUT2D eigenvalue weighted by molar-refractivity contribution is 6.71. The Hall–Kier alpha value is -0.843. The molecule has 0 bridgehead atoms. The third kappa shape index (κ3) is 5.21. The van der Waals surface area contributed by atoms with Crippen molar-refractivity contribution in [3.05, 3.63) is 34.9 Å². The monoisotopic (exact) mass is 285 g/mol. The highest BCUT2D eigenvalue weighted by Crippen LogP contribution is 2.22. The third-order valence-electron chi connectivity index (χ3n) is 2.46. The number of rotatable bonds is 5. The van der Waals surface area contributed by atoms with E-state index in [1.807, 2.05) is 43.9 Å². The summed E-state index contributed by atoms with van der Waals surface area (Å²) in [7, 11) is -1.82. The quantitative estimate of drug-likeness (QED) is 0.846. The van der Waals surface area contributed by atoms with Crippen LogP contribution in [0.1, 0.15) is 17.9 Å². The highest BCUT2D eigenvalue weighted by Gasteiger charge is 2.22. The van der Waals surface area contributed by atoms with E-state index >= 15 is 0 Å². The van der Waals surface area contributed by atoms with Crippen LogP contribution in [0.2, 0.25) is 24.7 Å². The van der Waals surface area contributed by atoms with Gasteiger partial charge in [0.25, 0.3) is 5.97 Å². The molecule has 2 N–H and O–H groups in total. The second kappa shape index (κ2) is 6.36. The first kappa shape index (κ1) is 15.2. The van der Waals surface area contributed by atoms with Crippen molar-refractivity contribution in [2.24, 2.45) is 5.73 Å². The maximum absolute atomic E-state index is 11.8. The van der Waals surface area contributed by atoms with Crippen molar-refractivity contribution < 1.29 is 9.22 Å². The average Bonchev–Trinajstić information content (AvgIpc) is 2.25. The van der Waals surface area contributed by atoms with Gasteiger partial charge in [0.15, 0.2) is 0 Å². The van der Waals surface area contributed by atoms with Gasteiger partial charge in [0.2, 0.25) is 8.32 Å². The van der Waals surface area contributed by atoms with Crippen LogP contribution in [0, 0.1) is 0 Å². The minimum Gasteiger partial charge on any atom is -0.520 e. The lowest BCUT2D eigenvalue weighted by Crippen LogP contribution is -2.30. The molecular weight excluding hydrogens is 266 g/mol. The van der Waals surface area contributed by atoms with Crippen LogP contribution in [0.15, 0.2) is 24.3 Å². The molecule has 100 valence electrons. The van der Waals surface area contributed by atoms with Gasteiger partial charge in [-0.05, 0) is 43.9 Å². The Morgan fingerprint density at radius 3 is 2.33 bits per heavy atom. The molecule has 0 aliphatic heterocycles.